The molecule has 0 unspecified atom stereocenters. The molecule has 4 heteroatoms. The minimum atomic E-state index is -0.0533. The fourth-order valence-corrected chi connectivity index (χ4v) is 1.98. The molecule has 2 rings (SSSR count). The molecular formula is C14H14N2O2. The van der Waals surface area contributed by atoms with E-state index in [4.69, 9.17) is 0 Å². The number of carbonyl (C=O) groups is 2. The van der Waals surface area contributed by atoms with Crippen molar-refractivity contribution in [3.05, 3.63) is 52.6 Å². The monoisotopic (exact) mass is 242 g/mol. The maximum Gasteiger partial charge on any atom is 0.185 e. The zero-order chi connectivity index (χ0) is 13.1. The summed E-state index contributed by atoms with van der Waals surface area (Å²) in [5, 5.41) is 0. The van der Waals surface area contributed by atoms with Crippen LogP contribution < -0.4 is 0 Å². The maximum atomic E-state index is 12.1. The molecule has 92 valence electrons. The van der Waals surface area contributed by atoms with Gasteiger partial charge in [-0.25, -0.2) is 0 Å². The van der Waals surface area contributed by atoms with Gasteiger partial charge in [-0.15, -0.1) is 0 Å². The molecule has 0 aliphatic carbocycles. The molecule has 2 heterocycles. The standard InChI is InChI=1S/C14H14N2O2/c1-9-12(8-17)10(2)16-14(9)13(18)7-11-5-3-4-6-15-11/h3-6,8,16H,7H2,1-2H3. The molecule has 0 atom stereocenters. The molecule has 0 saturated heterocycles. The van der Waals surface area contributed by atoms with Gasteiger partial charge >= 0.3 is 0 Å². The van der Waals surface area contributed by atoms with Crippen LogP contribution in [0.4, 0.5) is 0 Å². The number of nitrogens with zero attached hydrogens (tertiary/aromatic N) is 1. The number of aryl methyl sites for hydroxylation is 1. The Balaban J connectivity index is 2.27. The second kappa shape index (κ2) is 4.96. The van der Waals surface area contributed by atoms with Gasteiger partial charge in [0.05, 0.1) is 12.1 Å². The van der Waals surface area contributed by atoms with Crippen LogP contribution in [-0.4, -0.2) is 22.0 Å². The summed E-state index contributed by atoms with van der Waals surface area (Å²) in [6, 6.07) is 5.46. The van der Waals surface area contributed by atoms with E-state index in [1.54, 1.807) is 20.0 Å². The second-order valence-corrected chi connectivity index (χ2v) is 4.20. The van der Waals surface area contributed by atoms with Crippen LogP contribution in [0.15, 0.2) is 24.4 Å². The predicted octanol–water partition coefficient (Wildman–Crippen LogP) is 2.26. The SMILES string of the molecule is Cc1[nH]c(C(=O)Cc2ccccn2)c(C)c1C=O. The molecule has 0 amide bonds. The van der Waals surface area contributed by atoms with Gasteiger partial charge in [-0.3, -0.25) is 14.6 Å². The van der Waals surface area contributed by atoms with E-state index in [1.165, 1.54) is 0 Å². The summed E-state index contributed by atoms with van der Waals surface area (Å²) in [5.74, 6) is -0.0533. The van der Waals surface area contributed by atoms with Crippen LogP contribution in [0, 0.1) is 13.8 Å². The molecule has 0 fully saturated rings. The van der Waals surface area contributed by atoms with Gasteiger partial charge in [0.2, 0.25) is 0 Å². The van der Waals surface area contributed by atoms with E-state index in [0.29, 0.717) is 16.8 Å². The Kier molecular flexibility index (Phi) is 3.37. The number of hydrogen-bond donors (Lipinski definition) is 1. The minimum absolute atomic E-state index is 0.0533. The van der Waals surface area contributed by atoms with Gasteiger partial charge in [-0.2, -0.15) is 0 Å². The van der Waals surface area contributed by atoms with E-state index in [1.807, 2.05) is 18.2 Å². The molecule has 4 nitrogen and oxygen atoms in total. The molecule has 2 aromatic heterocycles. The molecule has 2 aromatic rings. The lowest BCUT2D eigenvalue weighted by Gasteiger charge is -2.00. The van der Waals surface area contributed by atoms with Crippen molar-refractivity contribution in [2.45, 2.75) is 20.3 Å². The molecule has 0 spiro atoms. The highest BCUT2D eigenvalue weighted by Crippen LogP contribution is 2.17. The van der Waals surface area contributed by atoms with Gasteiger partial charge in [0.15, 0.2) is 12.1 Å². The van der Waals surface area contributed by atoms with Crippen molar-refractivity contribution in [3.8, 4) is 0 Å². The van der Waals surface area contributed by atoms with Crippen LogP contribution >= 0.6 is 0 Å². The summed E-state index contributed by atoms with van der Waals surface area (Å²) >= 11 is 0. The van der Waals surface area contributed by atoms with Gasteiger partial charge in [-0.05, 0) is 31.5 Å². The van der Waals surface area contributed by atoms with Gasteiger partial charge < -0.3 is 4.98 Å². The summed E-state index contributed by atoms with van der Waals surface area (Å²) < 4.78 is 0. The van der Waals surface area contributed by atoms with Crippen molar-refractivity contribution < 1.29 is 9.59 Å². The molecule has 18 heavy (non-hydrogen) atoms. The van der Waals surface area contributed by atoms with Gasteiger partial charge in [-0.1, -0.05) is 6.07 Å². The molecule has 0 aromatic carbocycles. The number of rotatable bonds is 4. The highest BCUT2D eigenvalue weighted by molar-refractivity contribution is 5.99. The first kappa shape index (κ1) is 12.2. The Bertz CT molecular complexity index is 585. The van der Waals surface area contributed by atoms with E-state index in [9.17, 15) is 9.59 Å². The Labute approximate surface area is 105 Å². The molecule has 0 aliphatic rings. The number of aromatic nitrogens is 2. The van der Waals surface area contributed by atoms with Crippen molar-refractivity contribution in [3.63, 3.8) is 0 Å². The summed E-state index contributed by atoms with van der Waals surface area (Å²) in [5.41, 5.74) is 3.23. The Morgan fingerprint density at radius 2 is 2.17 bits per heavy atom. The summed E-state index contributed by atoms with van der Waals surface area (Å²) in [6.07, 6.45) is 2.67. The van der Waals surface area contributed by atoms with Gasteiger partial charge in [0, 0.05) is 23.1 Å². The van der Waals surface area contributed by atoms with Crippen molar-refractivity contribution in [2.24, 2.45) is 0 Å². The number of aldehydes is 1. The van der Waals surface area contributed by atoms with Crippen molar-refractivity contribution in [1.29, 1.82) is 0 Å². The number of aromatic amines is 1. The number of H-pyrrole nitrogens is 1. The first-order valence-electron chi connectivity index (χ1n) is 5.71. The third-order valence-corrected chi connectivity index (χ3v) is 2.96. The number of hydrogen-bond acceptors (Lipinski definition) is 3. The van der Waals surface area contributed by atoms with E-state index >= 15 is 0 Å². The zero-order valence-corrected chi connectivity index (χ0v) is 10.4. The topological polar surface area (TPSA) is 62.8 Å². The molecule has 1 N–H and O–H groups in total. The third kappa shape index (κ3) is 2.22. The molecular weight excluding hydrogens is 228 g/mol. The number of pyridine rings is 1. The molecule has 0 radical (unpaired) electrons. The largest absolute Gasteiger partial charge is 0.355 e. The predicted molar refractivity (Wildman–Crippen MR) is 67.9 cm³/mol. The highest BCUT2D eigenvalue weighted by atomic mass is 16.1. The summed E-state index contributed by atoms with van der Waals surface area (Å²) in [6.45, 7) is 3.56. The van der Waals surface area contributed by atoms with Crippen LogP contribution in [0.5, 0.6) is 0 Å². The summed E-state index contributed by atoms with van der Waals surface area (Å²) in [7, 11) is 0. The van der Waals surface area contributed by atoms with Crippen LogP contribution in [-0.2, 0) is 6.42 Å². The smallest absolute Gasteiger partial charge is 0.185 e. The first-order valence-corrected chi connectivity index (χ1v) is 5.71. The number of Topliss-reactive ketones (excluding diaryl/α,β-unsaturated/α-hetero) is 1. The molecule has 0 bridgehead atoms. The second-order valence-electron chi connectivity index (χ2n) is 4.20. The van der Waals surface area contributed by atoms with Crippen LogP contribution in [0.1, 0.15) is 37.8 Å². The van der Waals surface area contributed by atoms with Gasteiger partial charge in [0.25, 0.3) is 0 Å². The van der Waals surface area contributed by atoms with E-state index < -0.39 is 0 Å². The quantitative estimate of drug-likeness (QED) is 0.660. The van der Waals surface area contributed by atoms with E-state index in [-0.39, 0.29) is 12.2 Å². The lowest BCUT2D eigenvalue weighted by atomic mass is 10.1. The van der Waals surface area contributed by atoms with Crippen LogP contribution in [0.3, 0.4) is 0 Å². The van der Waals surface area contributed by atoms with Crippen LogP contribution in [0.25, 0.3) is 0 Å². The fourth-order valence-electron chi connectivity index (χ4n) is 1.98. The van der Waals surface area contributed by atoms with Crippen LogP contribution in [0.2, 0.25) is 0 Å². The Morgan fingerprint density at radius 1 is 1.39 bits per heavy atom. The van der Waals surface area contributed by atoms with Crippen molar-refractivity contribution >= 4 is 12.1 Å². The molecule has 0 aliphatic heterocycles. The molecule has 0 saturated carbocycles. The Hall–Kier alpha value is -2.23. The third-order valence-electron chi connectivity index (χ3n) is 2.96. The fraction of sp³-hybridized carbons (Fsp3) is 0.214. The lowest BCUT2D eigenvalue weighted by Crippen LogP contribution is -2.07. The number of ketones is 1. The Morgan fingerprint density at radius 3 is 2.72 bits per heavy atom. The highest BCUT2D eigenvalue weighted by Gasteiger charge is 2.17. The first-order chi connectivity index (χ1) is 8.63. The van der Waals surface area contributed by atoms with Crippen molar-refractivity contribution in [2.75, 3.05) is 0 Å². The number of carbonyl (C=O) groups excluding carboxylic acids is 2. The maximum absolute atomic E-state index is 12.1. The average molecular weight is 242 g/mol. The van der Waals surface area contributed by atoms with Crippen molar-refractivity contribution in [1.82, 2.24) is 9.97 Å². The zero-order valence-electron chi connectivity index (χ0n) is 10.4. The minimum Gasteiger partial charge on any atom is -0.355 e. The lowest BCUT2D eigenvalue weighted by molar-refractivity contribution is 0.0987. The van der Waals surface area contributed by atoms with Gasteiger partial charge in [0.1, 0.15) is 0 Å². The average Bonchev–Trinajstić information content (AvgIpc) is 2.65. The normalized spacial score (nSPS) is 10.3. The van der Waals surface area contributed by atoms with E-state index in [2.05, 4.69) is 9.97 Å². The van der Waals surface area contributed by atoms with E-state index in [0.717, 1.165) is 17.7 Å². The summed E-state index contributed by atoms with van der Waals surface area (Å²) in [4.78, 5) is 30.1. The number of nitrogens with one attached hydrogen (secondary N) is 1.